The molecule has 2 fully saturated rings. The van der Waals surface area contributed by atoms with E-state index in [0.29, 0.717) is 17.6 Å². The van der Waals surface area contributed by atoms with Crippen LogP contribution in [0.3, 0.4) is 0 Å². The third-order valence-corrected chi connectivity index (χ3v) is 5.90. The Morgan fingerprint density at radius 1 is 1.36 bits per heavy atom. The van der Waals surface area contributed by atoms with Crippen LogP contribution in [0.15, 0.2) is 23.6 Å². The number of methoxy groups -OCH3 is 1. The summed E-state index contributed by atoms with van der Waals surface area (Å²) in [5.74, 6) is 4.63. The highest BCUT2D eigenvalue weighted by atomic mass is 32.1. The SMILES string of the molecule is COC(=O)C#Cc1csc2ccc(C(=O)N[C@@H]3C[C@H]4CC[C@@H]3N4)cc12. The summed E-state index contributed by atoms with van der Waals surface area (Å²) in [6.45, 7) is 0. The summed E-state index contributed by atoms with van der Waals surface area (Å²) in [6, 6.07) is 6.78. The molecule has 2 bridgehead atoms. The lowest BCUT2D eigenvalue weighted by atomic mass is 9.95. The Kier molecular flexibility index (Phi) is 4.20. The van der Waals surface area contributed by atoms with Gasteiger partial charge in [0, 0.05) is 50.6 Å². The molecule has 2 aliphatic heterocycles. The predicted octanol–water partition coefficient (Wildman–Crippen LogP) is 2.05. The predicted molar refractivity (Wildman–Crippen MR) is 96.5 cm³/mol. The number of carbonyl (C=O) groups excluding carboxylic acids is 2. The second-order valence-corrected chi connectivity index (χ2v) is 7.38. The van der Waals surface area contributed by atoms with E-state index in [9.17, 15) is 9.59 Å². The number of esters is 1. The van der Waals surface area contributed by atoms with E-state index in [2.05, 4.69) is 27.2 Å². The maximum absolute atomic E-state index is 12.6. The minimum Gasteiger partial charge on any atom is -0.459 e. The number of nitrogens with one attached hydrogen (secondary N) is 2. The first-order chi connectivity index (χ1) is 12.1. The molecule has 1 aromatic heterocycles. The van der Waals surface area contributed by atoms with Crippen molar-refractivity contribution in [3.8, 4) is 11.8 Å². The molecule has 3 heterocycles. The van der Waals surface area contributed by atoms with Gasteiger partial charge in [0.2, 0.25) is 0 Å². The van der Waals surface area contributed by atoms with Crippen LogP contribution in [0.2, 0.25) is 0 Å². The van der Waals surface area contributed by atoms with Crippen LogP contribution in [0, 0.1) is 11.8 Å². The van der Waals surface area contributed by atoms with E-state index in [1.165, 1.54) is 13.5 Å². The molecule has 5 nitrogen and oxygen atoms in total. The highest BCUT2D eigenvalue weighted by Crippen LogP contribution is 2.29. The molecule has 1 amide bonds. The summed E-state index contributed by atoms with van der Waals surface area (Å²) in [5.41, 5.74) is 1.36. The summed E-state index contributed by atoms with van der Waals surface area (Å²) < 4.78 is 5.58. The minimum atomic E-state index is -0.572. The lowest BCUT2D eigenvalue weighted by Crippen LogP contribution is -2.42. The van der Waals surface area contributed by atoms with Gasteiger partial charge in [-0.2, -0.15) is 0 Å². The number of thiophene rings is 1. The first-order valence-electron chi connectivity index (χ1n) is 8.32. The smallest absolute Gasteiger partial charge is 0.384 e. The van der Waals surface area contributed by atoms with Crippen molar-refractivity contribution in [3.05, 3.63) is 34.7 Å². The molecule has 6 heteroatoms. The number of carbonyl (C=O) groups is 2. The molecular formula is C19H18N2O3S. The molecule has 2 aliphatic rings. The maximum atomic E-state index is 12.6. The standard InChI is InChI=1S/C19H18N2O3S/c1-24-18(22)7-3-12-10-25-17-6-2-11(8-14(12)17)19(23)21-16-9-13-4-5-15(16)20-13/h2,6,8,10,13,15-16,20H,4-5,9H2,1H3,(H,21,23)/t13-,15+,16-/m1/s1. The molecule has 0 radical (unpaired) electrons. The molecule has 0 unspecified atom stereocenters. The number of hydrogen-bond acceptors (Lipinski definition) is 5. The molecule has 2 aromatic rings. The topological polar surface area (TPSA) is 67.4 Å². The van der Waals surface area contributed by atoms with Crippen LogP contribution in [0.4, 0.5) is 0 Å². The van der Waals surface area contributed by atoms with Crippen molar-refractivity contribution in [2.45, 2.75) is 37.4 Å². The lowest BCUT2D eigenvalue weighted by Gasteiger charge is -2.21. The van der Waals surface area contributed by atoms with Gasteiger partial charge in [-0.25, -0.2) is 4.79 Å². The van der Waals surface area contributed by atoms with E-state index in [0.717, 1.165) is 28.5 Å². The van der Waals surface area contributed by atoms with Crippen molar-refractivity contribution >= 4 is 33.3 Å². The van der Waals surface area contributed by atoms with Gasteiger partial charge >= 0.3 is 5.97 Å². The van der Waals surface area contributed by atoms with E-state index in [4.69, 9.17) is 0 Å². The number of rotatable bonds is 2. The number of benzene rings is 1. The van der Waals surface area contributed by atoms with Crippen molar-refractivity contribution in [1.29, 1.82) is 0 Å². The molecule has 128 valence electrons. The van der Waals surface area contributed by atoms with Crippen LogP contribution in [-0.2, 0) is 9.53 Å². The van der Waals surface area contributed by atoms with Crippen molar-refractivity contribution in [1.82, 2.24) is 10.6 Å². The van der Waals surface area contributed by atoms with Crippen LogP contribution in [-0.4, -0.2) is 37.1 Å². The monoisotopic (exact) mass is 354 g/mol. The van der Waals surface area contributed by atoms with E-state index in [1.54, 1.807) is 11.3 Å². The fourth-order valence-electron chi connectivity index (χ4n) is 3.67. The number of fused-ring (bicyclic) bond motifs is 3. The van der Waals surface area contributed by atoms with Gasteiger partial charge in [-0.3, -0.25) is 4.79 Å². The Balaban J connectivity index is 1.56. The molecule has 1 aromatic carbocycles. The van der Waals surface area contributed by atoms with E-state index >= 15 is 0 Å². The van der Waals surface area contributed by atoms with Gasteiger partial charge in [0.1, 0.15) is 0 Å². The van der Waals surface area contributed by atoms with E-state index in [-0.39, 0.29) is 11.9 Å². The Hall–Kier alpha value is -2.36. The molecule has 0 spiro atoms. The molecule has 4 rings (SSSR count). The van der Waals surface area contributed by atoms with Gasteiger partial charge < -0.3 is 15.4 Å². The van der Waals surface area contributed by atoms with Crippen molar-refractivity contribution in [2.75, 3.05) is 7.11 Å². The van der Waals surface area contributed by atoms with Gasteiger partial charge in [-0.1, -0.05) is 5.92 Å². The molecule has 3 atom stereocenters. The van der Waals surface area contributed by atoms with Gasteiger partial charge in [-0.05, 0) is 37.5 Å². The average molecular weight is 354 g/mol. The van der Waals surface area contributed by atoms with Crippen LogP contribution in [0.25, 0.3) is 10.1 Å². The quantitative estimate of drug-likeness (QED) is 0.640. The molecule has 0 aliphatic carbocycles. The highest BCUT2D eigenvalue weighted by Gasteiger charge is 2.39. The first-order valence-corrected chi connectivity index (χ1v) is 9.20. The fraction of sp³-hybridized carbons (Fsp3) is 0.368. The second-order valence-electron chi connectivity index (χ2n) is 6.46. The zero-order valence-corrected chi connectivity index (χ0v) is 14.6. The molecule has 2 N–H and O–H groups in total. The number of hydrogen-bond donors (Lipinski definition) is 2. The Morgan fingerprint density at radius 3 is 2.96 bits per heavy atom. The van der Waals surface area contributed by atoms with Gasteiger partial charge in [-0.15, -0.1) is 11.3 Å². The van der Waals surface area contributed by atoms with Crippen LogP contribution < -0.4 is 10.6 Å². The van der Waals surface area contributed by atoms with Gasteiger partial charge in [0.15, 0.2) is 0 Å². The van der Waals surface area contributed by atoms with Gasteiger partial charge in [0.25, 0.3) is 5.91 Å². The zero-order valence-electron chi connectivity index (χ0n) is 13.8. The Morgan fingerprint density at radius 2 is 2.24 bits per heavy atom. The molecule has 0 saturated carbocycles. The Labute approximate surface area is 149 Å². The molecular weight excluding hydrogens is 336 g/mol. The van der Waals surface area contributed by atoms with Crippen LogP contribution in [0.1, 0.15) is 35.2 Å². The minimum absolute atomic E-state index is 0.0562. The molecule has 2 saturated heterocycles. The van der Waals surface area contributed by atoms with Crippen LogP contribution >= 0.6 is 11.3 Å². The zero-order chi connectivity index (χ0) is 17.4. The van der Waals surface area contributed by atoms with Crippen LogP contribution in [0.5, 0.6) is 0 Å². The second kappa shape index (κ2) is 6.51. The number of ether oxygens (including phenoxy) is 1. The third kappa shape index (κ3) is 3.13. The summed E-state index contributed by atoms with van der Waals surface area (Å²) in [5, 5.41) is 9.46. The van der Waals surface area contributed by atoms with Crippen molar-refractivity contribution < 1.29 is 14.3 Å². The third-order valence-electron chi connectivity index (χ3n) is 4.94. The Bertz CT molecular complexity index is 908. The van der Waals surface area contributed by atoms with E-state index in [1.807, 2.05) is 23.6 Å². The average Bonchev–Trinajstić information content (AvgIpc) is 3.34. The first kappa shape index (κ1) is 16.1. The summed E-state index contributed by atoms with van der Waals surface area (Å²) >= 11 is 1.54. The summed E-state index contributed by atoms with van der Waals surface area (Å²) in [4.78, 5) is 23.8. The maximum Gasteiger partial charge on any atom is 0.384 e. The summed E-state index contributed by atoms with van der Waals surface area (Å²) in [7, 11) is 1.30. The number of amides is 1. The normalized spacial score (nSPS) is 24.0. The molecule has 25 heavy (non-hydrogen) atoms. The largest absolute Gasteiger partial charge is 0.459 e. The fourth-order valence-corrected chi connectivity index (χ4v) is 4.55. The lowest BCUT2D eigenvalue weighted by molar-refractivity contribution is -0.133. The van der Waals surface area contributed by atoms with Crippen molar-refractivity contribution in [2.24, 2.45) is 0 Å². The van der Waals surface area contributed by atoms with E-state index < -0.39 is 5.97 Å². The van der Waals surface area contributed by atoms with Crippen molar-refractivity contribution in [3.63, 3.8) is 0 Å². The summed E-state index contributed by atoms with van der Waals surface area (Å²) in [6.07, 6.45) is 3.35. The highest BCUT2D eigenvalue weighted by molar-refractivity contribution is 7.17. The van der Waals surface area contributed by atoms with Gasteiger partial charge in [0.05, 0.1) is 7.11 Å².